The molecule has 2 unspecified atom stereocenters. The third kappa shape index (κ3) is 3.73. The molecule has 3 nitrogen and oxygen atoms in total. The van der Waals surface area contributed by atoms with Crippen LogP contribution in [0.3, 0.4) is 0 Å². The minimum absolute atomic E-state index is 0.0421. The summed E-state index contributed by atoms with van der Waals surface area (Å²) in [5.41, 5.74) is 0.689. The molecule has 6 heteroatoms. The van der Waals surface area contributed by atoms with Crippen molar-refractivity contribution in [2.24, 2.45) is 5.92 Å². The third-order valence-electron chi connectivity index (χ3n) is 5.10. The standard InChI is InChI=1S/C19H20ClFN2OS/c20-18-6-5-13(25-18)12-22-7-9-23(10-8-22)19(24)16-11-15(16)14-3-1-2-4-17(14)21/h1-6,15-16H,7-12H2. The van der Waals surface area contributed by atoms with Gasteiger partial charge in [-0.2, -0.15) is 0 Å². The number of carbonyl (C=O) groups is 1. The molecule has 2 heterocycles. The van der Waals surface area contributed by atoms with Crippen LogP contribution >= 0.6 is 22.9 Å². The van der Waals surface area contributed by atoms with Crippen LogP contribution in [0.1, 0.15) is 22.8 Å². The summed E-state index contributed by atoms with van der Waals surface area (Å²) in [4.78, 5) is 18.3. The van der Waals surface area contributed by atoms with E-state index < -0.39 is 0 Å². The number of thiophene rings is 1. The van der Waals surface area contributed by atoms with Gasteiger partial charge in [-0.15, -0.1) is 11.3 Å². The quantitative estimate of drug-likeness (QED) is 0.803. The molecule has 1 amide bonds. The Balaban J connectivity index is 1.30. The highest BCUT2D eigenvalue weighted by atomic mass is 35.5. The average Bonchev–Trinajstić information content (AvgIpc) is 3.31. The van der Waals surface area contributed by atoms with Gasteiger partial charge in [-0.3, -0.25) is 9.69 Å². The number of nitrogens with zero attached hydrogens (tertiary/aromatic N) is 2. The number of halogens is 2. The summed E-state index contributed by atoms with van der Waals surface area (Å²) in [6, 6.07) is 10.8. The lowest BCUT2D eigenvalue weighted by Gasteiger charge is -2.34. The van der Waals surface area contributed by atoms with Gasteiger partial charge in [-0.05, 0) is 36.1 Å². The Morgan fingerprint density at radius 3 is 2.60 bits per heavy atom. The van der Waals surface area contributed by atoms with Crippen molar-refractivity contribution in [2.45, 2.75) is 18.9 Å². The zero-order chi connectivity index (χ0) is 17.4. The van der Waals surface area contributed by atoms with Crippen molar-refractivity contribution >= 4 is 28.8 Å². The summed E-state index contributed by atoms with van der Waals surface area (Å²) in [5, 5.41) is 0. The second-order valence-corrected chi connectivity index (χ2v) is 8.58. The molecule has 0 bridgehead atoms. The van der Waals surface area contributed by atoms with Crippen LogP contribution in [0.15, 0.2) is 36.4 Å². The first-order valence-electron chi connectivity index (χ1n) is 8.61. The van der Waals surface area contributed by atoms with E-state index in [9.17, 15) is 9.18 Å². The van der Waals surface area contributed by atoms with Gasteiger partial charge in [0.05, 0.1) is 4.34 Å². The van der Waals surface area contributed by atoms with Gasteiger partial charge in [0.15, 0.2) is 0 Å². The molecule has 2 aliphatic rings. The van der Waals surface area contributed by atoms with E-state index in [1.165, 1.54) is 10.9 Å². The fourth-order valence-corrected chi connectivity index (χ4v) is 4.74. The highest BCUT2D eigenvalue weighted by molar-refractivity contribution is 7.16. The lowest BCUT2D eigenvalue weighted by atomic mass is 10.1. The van der Waals surface area contributed by atoms with Gasteiger partial charge in [0, 0.05) is 43.5 Å². The smallest absolute Gasteiger partial charge is 0.226 e. The van der Waals surface area contributed by atoms with Crippen molar-refractivity contribution in [1.82, 2.24) is 9.80 Å². The zero-order valence-electron chi connectivity index (χ0n) is 13.8. The van der Waals surface area contributed by atoms with Crippen molar-refractivity contribution in [3.63, 3.8) is 0 Å². The van der Waals surface area contributed by atoms with E-state index in [1.807, 2.05) is 17.0 Å². The number of amides is 1. The molecular weight excluding hydrogens is 359 g/mol. The fraction of sp³-hybridized carbons (Fsp3) is 0.421. The molecule has 0 N–H and O–H groups in total. The number of benzene rings is 1. The van der Waals surface area contributed by atoms with E-state index in [4.69, 9.17) is 11.6 Å². The van der Waals surface area contributed by atoms with Gasteiger partial charge < -0.3 is 4.90 Å². The molecule has 2 atom stereocenters. The van der Waals surface area contributed by atoms with Crippen LogP contribution in [0, 0.1) is 11.7 Å². The van der Waals surface area contributed by atoms with Crippen molar-refractivity contribution < 1.29 is 9.18 Å². The highest BCUT2D eigenvalue weighted by Crippen LogP contribution is 2.49. The van der Waals surface area contributed by atoms with E-state index in [0.29, 0.717) is 5.56 Å². The Labute approximate surface area is 156 Å². The summed E-state index contributed by atoms with van der Waals surface area (Å²) >= 11 is 7.59. The van der Waals surface area contributed by atoms with Crippen molar-refractivity contribution in [3.05, 3.63) is 57.0 Å². The van der Waals surface area contributed by atoms with Crippen LogP contribution in [0.2, 0.25) is 4.34 Å². The van der Waals surface area contributed by atoms with Crippen LogP contribution in [-0.4, -0.2) is 41.9 Å². The van der Waals surface area contributed by atoms with Gasteiger partial charge in [-0.25, -0.2) is 4.39 Å². The Kier molecular flexibility index (Phi) is 4.80. The first-order chi connectivity index (χ1) is 12.1. The lowest BCUT2D eigenvalue weighted by Crippen LogP contribution is -2.48. The first kappa shape index (κ1) is 17.0. The predicted molar refractivity (Wildman–Crippen MR) is 98.4 cm³/mol. The van der Waals surface area contributed by atoms with Crippen LogP contribution in [-0.2, 0) is 11.3 Å². The molecular formula is C19H20ClFN2OS. The molecule has 1 aliphatic heterocycles. The van der Waals surface area contributed by atoms with E-state index in [2.05, 4.69) is 11.0 Å². The molecule has 2 aromatic rings. The molecule has 1 saturated heterocycles. The average molecular weight is 379 g/mol. The number of hydrogen-bond donors (Lipinski definition) is 0. The van der Waals surface area contributed by atoms with Crippen LogP contribution < -0.4 is 0 Å². The largest absolute Gasteiger partial charge is 0.340 e. The SMILES string of the molecule is O=C(C1CC1c1ccccc1F)N1CCN(Cc2ccc(Cl)s2)CC1. The first-order valence-corrected chi connectivity index (χ1v) is 9.81. The maximum absolute atomic E-state index is 13.9. The topological polar surface area (TPSA) is 23.6 Å². The minimum Gasteiger partial charge on any atom is -0.340 e. The molecule has 25 heavy (non-hydrogen) atoms. The molecule has 1 aliphatic carbocycles. The number of rotatable bonds is 4. The maximum Gasteiger partial charge on any atom is 0.226 e. The normalized spacial score (nSPS) is 23.7. The van der Waals surface area contributed by atoms with Crippen molar-refractivity contribution in [1.29, 1.82) is 0 Å². The highest BCUT2D eigenvalue weighted by Gasteiger charge is 2.47. The Morgan fingerprint density at radius 2 is 1.92 bits per heavy atom. The molecule has 1 aromatic carbocycles. The molecule has 1 saturated carbocycles. The van der Waals surface area contributed by atoms with Gasteiger partial charge in [0.2, 0.25) is 5.91 Å². The van der Waals surface area contributed by atoms with E-state index >= 15 is 0 Å². The third-order valence-corrected chi connectivity index (χ3v) is 6.32. The number of hydrogen-bond acceptors (Lipinski definition) is 3. The van der Waals surface area contributed by atoms with Gasteiger partial charge in [0.25, 0.3) is 0 Å². The number of carbonyl (C=O) groups excluding carboxylic acids is 1. The summed E-state index contributed by atoms with van der Waals surface area (Å²) < 4.78 is 14.7. The Morgan fingerprint density at radius 1 is 1.16 bits per heavy atom. The van der Waals surface area contributed by atoms with E-state index in [1.54, 1.807) is 23.5 Å². The van der Waals surface area contributed by atoms with Crippen LogP contribution in [0.5, 0.6) is 0 Å². The van der Waals surface area contributed by atoms with E-state index in [-0.39, 0.29) is 23.6 Å². The summed E-state index contributed by atoms with van der Waals surface area (Å²) in [5.74, 6) is 0.00819. The maximum atomic E-state index is 13.9. The molecule has 132 valence electrons. The summed E-state index contributed by atoms with van der Waals surface area (Å²) in [6.07, 6.45) is 0.772. The van der Waals surface area contributed by atoms with Gasteiger partial charge in [0.1, 0.15) is 5.82 Å². The van der Waals surface area contributed by atoms with Crippen molar-refractivity contribution in [3.8, 4) is 0 Å². The molecule has 2 fully saturated rings. The van der Waals surface area contributed by atoms with Crippen LogP contribution in [0.25, 0.3) is 0 Å². The minimum atomic E-state index is -0.192. The monoisotopic (exact) mass is 378 g/mol. The second-order valence-electron chi connectivity index (χ2n) is 6.78. The molecule has 0 spiro atoms. The number of piperazine rings is 1. The van der Waals surface area contributed by atoms with Crippen molar-refractivity contribution in [2.75, 3.05) is 26.2 Å². The predicted octanol–water partition coefficient (Wildman–Crippen LogP) is 3.99. The zero-order valence-corrected chi connectivity index (χ0v) is 15.4. The van der Waals surface area contributed by atoms with Gasteiger partial charge >= 0.3 is 0 Å². The lowest BCUT2D eigenvalue weighted by molar-refractivity contribution is -0.134. The molecule has 4 rings (SSSR count). The van der Waals surface area contributed by atoms with Gasteiger partial charge in [-0.1, -0.05) is 29.8 Å². The molecule has 0 radical (unpaired) electrons. The Bertz CT molecular complexity index is 772. The Hall–Kier alpha value is -1.43. The molecule has 1 aromatic heterocycles. The second kappa shape index (κ2) is 7.06. The summed E-state index contributed by atoms with van der Waals surface area (Å²) in [7, 11) is 0. The van der Waals surface area contributed by atoms with E-state index in [0.717, 1.165) is 43.5 Å². The fourth-order valence-electron chi connectivity index (χ4n) is 3.61. The summed E-state index contributed by atoms with van der Waals surface area (Å²) in [6.45, 7) is 4.13. The van der Waals surface area contributed by atoms with Crippen LogP contribution in [0.4, 0.5) is 4.39 Å².